The number of ether oxygens (including phenoxy) is 1. The number of rotatable bonds is 4. The van der Waals surface area contributed by atoms with Gasteiger partial charge in [-0.25, -0.2) is 4.39 Å². The molecule has 2 aliphatic rings. The number of halogens is 5. The summed E-state index contributed by atoms with van der Waals surface area (Å²) in [5, 5.41) is 0. The van der Waals surface area contributed by atoms with Crippen molar-refractivity contribution in [2.75, 3.05) is 36.1 Å². The van der Waals surface area contributed by atoms with Crippen molar-refractivity contribution in [3.05, 3.63) is 16.2 Å². The van der Waals surface area contributed by atoms with Crippen molar-refractivity contribution >= 4 is 11.8 Å². The summed E-state index contributed by atoms with van der Waals surface area (Å²) in [5.41, 5.74) is -1.05. The normalized spacial score (nSPS) is 24.0. The SMILES string of the molecule is CC(C)C(F)CN1c2nc(N3CCOCC3C)c(F)c(=O)n2CCC1C(F)(F)F. The van der Waals surface area contributed by atoms with Gasteiger partial charge in [-0.1, -0.05) is 13.8 Å². The highest BCUT2D eigenvalue weighted by Crippen LogP contribution is 2.35. The molecule has 1 aromatic rings. The average Bonchev–Trinajstić information content (AvgIpc) is 2.64. The van der Waals surface area contributed by atoms with E-state index in [0.717, 1.165) is 9.47 Å². The monoisotopic (exact) mass is 424 g/mol. The van der Waals surface area contributed by atoms with Crippen molar-refractivity contribution in [1.29, 1.82) is 0 Å². The molecule has 3 unspecified atom stereocenters. The number of fused-ring (bicyclic) bond motifs is 1. The van der Waals surface area contributed by atoms with Crippen LogP contribution in [0.2, 0.25) is 0 Å². The summed E-state index contributed by atoms with van der Waals surface area (Å²) in [6.07, 6.45) is -6.69. The number of alkyl halides is 4. The summed E-state index contributed by atoms with van der Waals surface area (Å²) in [7, 11) is 0. The van der Waals surface area contributed by atoms with Crippen LogP contribution in [0.5, 0.6) is 0 Å². The molecule has 6 nitrogen and oxygen atoms in total. The van der Waals surface area contributed by atoms with Gasteiger partial charge in [-0.15, -0.1) is 0 Å². The molecule has 1 aromatic heterocycles. The van der Waals surface area contributed by atoms with E-state index in [1.807, 2.05) is 0 Å². The highest BCUT2D eigenvalue weighted by molar-refractivity contribution is 5.48. The minimum Gasteiger partial charge on any atom is -0.377 e. The summed E-state index contributed by atoms with van der Waals surface area (Å²) in [5.74, 6) is -2.30. The molecule has 0 N–H and O–H groups in total. The summed E-state index contributed by atoms with van der Waals surface area (Å²) >= 11 is 0. The Bertz CT molecular complexity index is 798. The van der Waals surface area contributed by atoms with Crippen molar-refractivity contribution in [1.82, 2.24) is 9.55 Å². The summed E-state index contributed by atoms with van der Waals surface area (Å²) < 4.78 is 76.4. The fraction of sp³-hybridized carbons (Fsp3) is 0.778. The van der Waals surface area contributed by atoms with Crippen LogP contribution in [0.4, 0.5) is 33.7 Å². The van der Waals surface area contributed by atoms with Gasteiger partial charge in [-0.3, -0.25) is 9.36 Å². The van der Waals surface area contributed by atoms with E-state index >= 15 is 0 Å². The molecule has 0 saturated carbocycles. The Labute approximate surface area is 165 Å². The van der Waals surface area contributed by atoms with Gasteiger partial charge in [0.25, 0.3) is 5.56 Å². The molecule has 3 rings (SSSR count). The second-order valence-electron chi connectivity index (χ2n) is 7.88. The van der Waals surface area contributed by atoms with Crippen LogP contribution in [-0.4, -0.2) is 60.3 Å². The van der Waals surface area contributed by atoms with Crippen LogP contribution in [-0.2, 0) is 11.3 Å². The molecule has 0 amide bonds. The predicted octanol–water partition coefficient (Wildman–Crippen LogP) is 2.74. The minimum atomic E-state index is -4.64. The van der Waals surface area contributed by atoms with E-state index in [4.69, 9.17) is 4.74 Å². The lowest BCUT2D eigenvalue weighted by atomic mass is 10.0. The predicted molar refractivity (Wildman–Crippen MR) is 97.6 cm³/mol. The van der Waals surface area contributed by atoms with Crippen molar-refractivity contribution in [2.24, 2.45) is 5.92 Å². The largest absolute Gasteiger partial charge is 0.408 e. The highest BCUT2D eigenvalue weighted by Gasteiger charge is 2.48. The molecule has 3 heterocycles. The average molecular weight is 424 g/mol. The third kappa shape index (κ3) is 4.19. The van der Waals surface area contributed by atoms with Crippen molar-refractivity contribution < 1.29 is 26.7 Å². The molecule has 2 aliphatic heterocycles. The number of anilines is 2. The standard InChI is InChI=1S/C18H25F5N4O2/c1-10(2)12(19)8-27-13(18(21,22)23)4-5-26-16(28)14(20)15(24-17(26)27)25-6-7-29-9-11(25)3/h10-13H,4-9H2,1-3H3. The zero-order valence-corrected chi connectivity index (χ0v) is 16.5. The van der Waals surface area contributed by atoms with E-state index in [0.29, 0.717) is 0 Å². The number of hydrogen-bond acceptors (Lipinski definition) is 5. The Morgan fingerprint density at radius 1 is 1.28 bits per heavy atom. The van der Waals surface area contributed by atoms with Crippen molar-refractivity contribution in [3.63, 3.8) is 0 Å². The van der Waals surface area contributed by atoms with E-state index < -0.39 is 48.6 Å². The van der Waals surface area contributed by atoms with Crippen LogP contribution in [0.15, 0.2) is 4.79 Å². The lowest BCUT2D eigenvalue weighted by Gasteiger charge is -2.41. The smallest absolute Gasteiger partial charge is 0.377 e. The second kappa shape index (κ2) is 8.08. The molecule has 0 radical (unpaired) electrons. The Kier molecular flexibility index (Phi) is 6.07. The van der Waals surface area contributed by atoms with Gasteiger partial charge >= 0.3 is 6.18 Å². The number of nitrogens with zero attached hydrogens (tertiary/aromatic N) is 4. The molecule has 0 aliphatic carbocycles. The van der Waals surface area contributed by atoms with Crippen molar-refractivity contribution in [2.45, 2.75) is 58.2 Å². The number of hydrogen-bond donors (Lipinski definition) is 0. The minimum absolute atomic E-state index is 0.244. The van der Waals surface area contributed by atoms with E-state index in [9.17, 15) is 26.7 Å². The summed E-state index contributed by atoms with van der Waals surface area (Å²) in [6.45, 7) is 4.73. The maximum Gasteiger partial charge on any atom is 0.408 e. The topological polar surface area (TPSA) is 50.6 Å². The lowest BCUT2D eigenvalue weighted by Crippen LogP contribution is -2.55. The Hall–Kier alpha value is -1.91. The molecule has 164 valence electrons. The maximum atomic E-state index is 14.8. The fourth-order valence-corrected chi connectivity index (χ4v) is 3.66. The molecule has 1 saturated heterocycles. The summed E-state index contributed by atoms with van der Waals surface area (Å²) in [4.78, 5) is 19.0. The van der Waals surface area contributed by atoms with Gasteiger partial charge in [-0.05, 0) is 19.3 Å². The fourth-order valence-electron chi connectivity index (χ4n) is 3.66. The molecular formula is C18H25F5N4O2. The third-order valence-electron chi connectivity index (χ3n) is 5.45. The van der Waals surface area contributed by atoms with Gasteiger partial charge in [0.2, 0.25) is 11.8 Å². The molecule has 3 atom stereocenters. The van der Waals surface area contributed by atoms with Crippen LogP contribution in [0.3, 0.4) is 0 Å². The molecule has 0 aromatic carbocycles. The quantitative estimate of drug-likeness (QED) is 0.696. The first-order chi connectivity index (χ1) is 13.5. The lowest BCUT2D eigenvalue weighted by molar-refractivity contribution is -0.153. The van der Waals surface area contributed by atoms with Crippen LogP contribution >= 0.6 is 0 Å². The van der Waals surface area contributed by atoms with Gasteiger partial charge < -0.3 is 14.5 Å². The van der Waals surface area contributed by atoms with Crippen molar-refractivity contribution in [3.8, 4) is 0 Å². The maximum absolute atomic E-state index is 14.8. The van der Waals surface area contributed by atoms with Crippen LogP contribution in [0.25, 0.3) is 0 Å². The van der Waals surface area contributed by atoms with Gasteiger partial charge in [0.1, 0.15) is 12.2 Å². The third-order valence-corrected chi connectivity index (χ3v) is 5.45. The van der Waals surface area contributed by atoms with Gasteiger partial charge in [0, 0.05) is 13.1 Å². The van der Waals surface area contributed by atoms with Gasteiger partial charge in [0.15, 0.2) is 5.82 Å². The molecule has 1 fully saturated rings. The van der Waals surface area contributed by atoms with Crippen LogP contribution < -0.4 is 15.4 Å². The van der Waals surface area contributed by atoms with Gasteiger partial charge in [0.05, 0.1) is 25.8 Å². The zero-order valence-electron chi connectivity index (χ0n) is 16.5. The summed E-state index contributed by atoms with van der Waals surface area (Å²) in [6, 6.07) is -2.31. The van der Waals surface area contributed by atoms with E-state index in [1.165, 1.54) is 4.90 Å². The zero-order chi connectivity index (χ0) is 21.5. The second-order valence-corrected chi connectivity index (χ2v) is 7.88. The van der Waals surface area contributed by atoms with E-state index in [2.05, 4.69) is 4.98 Å². The molecule has 0 spiro atoms. The van der Waals surface area contributed by atoms with Crippen LogP contribution in [0.1, 0.15) is 27.2 Å². The highest BCUT2D eigenvalue weighted by atomic mass is 19.4. The number of aromatic nitrogens is 2. The Balaban J connectivity index is 2.11. The molecular weight excluding hydrogens is 399 g/mol. The van der Waals surface area contributed by atoms with E-state index in [1.54, 1.807) is 20.8 Å². The van der Waals surface area contributed by atoms with Gasteiger partial charge in [-0.2, -0.15) is 22.5 Å². The first kappa shape index (κ1) is 21.8. The molecule has 29 heavy (non-hydrogen) atoms. The van der Waals surface area contributed by atoms with Crippen LogP contribution in [0, 0.1) is 11.7 Å². The Morgan fingerprint density at radius 2 is 1.97 bits per heavy atom. The van der Waals surface area contributed by atoms with E-state index in [-0.39, 0.29) is 44.1 Å². The molecule has 11 heteroatoms. The Morgan fingerprint density at radius 3 is 2.55 bits per heavy atom. The first-order valence-corrected chi connectivity index (χ1v) is 9.64. The number of morpholine rings is 1. The first-order valence-electron chi connectivity index (χ1n) is 9.64. The molecule has 0 bridgehead atoms.